The van der Waals surface area contributed by atoms with E-state index in [1.54, 1.807) is 6.92 Å². The molecule has 6 heavy (non-hydrogen) atoms. The first-order chi connectivity index (χ1) is 2.64. The monoisotopic (exact) mass is 122 g/mol. The summed E-state index contributed by atoms with van der Waals surface area (Å²) >= 11 is 7.30. The van der Waals surface area contributed by atoms with Gasteiger partial charge in [-0.2, -0.15) is 0 Å². The van der Waals surface area contributed by atoms with Gasteiger partial charge < -0.3 is 5.11 Å². The third-order valence-electron chi connectivity index (χ3n) is 0.324. The van der Waals surface area contributed by atoms with Gasteiger partial charge in [-0.1, -0.05) is 0 Å². The predicted octanol–water partition coefficient (Wildman–Crippen LogP) is 1.59. The smallest absolute Gasteiger partial charge is 0.155 e. The summed E-state index contributed by atoms with van der Waals surface area (Å²) < 4.78 is 0. The summed E-state index contributed by atoms with van der Waals surface area (Å²) in [6, 6.07) is 0. The summed E-state index contributed by atoms with van der Waals surface area (Å²) in [4.78, 5) is 0.540. The van der Waals surface area contributed by atoms with Crippen molar-refractivity contribution < 1.29 is 5.11 Å². The second-order valence-corrected chi connectivity index (χ2v) is 2.00. The number of hydrogen-bond donors (Lipinski definition) is 3. The number of thiol groups is 2. The fourth-order valence-electron chi connectivity index (χ4n) is 0. The molecule has 0 radical (unpaired) electrons. The predicted molar refractivity (Wildman–Crippen MR) is 33.3 cm³/mol. The third kappa shape index (κ3) is 2.48. The number of aliphatic hydroxyl groups is 1. The van der Waals surface area contributed by atoms with E-state index in [0.29, 0.717) is 4.91 Å². The van der Waals surface area contributed by atoms with Crippen LogP contribution in [0.1, 0.15) is 6.92 Å². The molecule has 1 nitrogen and oxygen atoms in total. The molecule has 0 fully saturated rings. The van der Waals surface area contributed by atoms with Crippen molar-refractivity contribution in [3.8, 4) is 0 Å². The SMILES string of the molecule is CC(S)=C(O)S. The Bertz CT molecular complexity index is 58.9. The van der Waals surface area contributed by atoms with Gasteiger partial charge in [0, 0.05) is 4.91 Å². The molecular formula is C3H6OS2. The maximum Gasteiger partial charge on any atom is 0.155 e. The molecule has 0 aliphatic rings. The minimum Gasteiger partial charge on any atom is -0.502 e. The van der Waals surface area contributed by atoms with Crippen LogP contribution in [0.5, 0.6) is 0 Å². The summed E-state index contributed by atoms with van der Waals surface area (Å²) in [5.74, 6) is 0. The van der Waals surface area contributed by atoms with Crippen LogP contribution in [0.3, 0.4) is 0 Å². The molecule has 0 saturated carbocycles. The zero-order chi connectivity index (χ0) is 5.15. The van der Waals surface area contributed by atoms with Crippen LogP contribution in [0.2, 0.25) is 0 Å². The molecule has 0 aromatic heterocycles. The Hall–Kier alpha value is 0.240. The largest absolute Gasteiger partial charge is 0.502 e. The molecular weight excluding hydrogens is 116 g/mol. The lowest BCUT2D eigenvalue weighted by molar-refractivity contribution is 0.455. The van der Waals surface area contributed by atoms with Crippen LogP contribution in [0.15, 0.2) is 10.00 Å². The summed E-state index contributed by atoms with van der Waals surface area (Å²) in [5, 5.41) is 8.28. The van der Waals surface area contributed by atoms with Gasteiger partial charge in [0.2, 0.25) is 0 Å². The molecule has 0 aromatic rings. The Morgan fingerprint density at radius 3 is 1.67 bits per heavy atom. The van der Waals surface area contributed by atoms with E-state index in [0.717, 1.165) is 0 Å². The zero-order valence-corrected chi connectivity index (χ0v) is 5.13. The Labute approximate surface area is 47.9 Å². The molecule has 0 unspecified atom stereocenters. The summed E-state index contributed by atoms with van der Waals surface area (Å²) in [7, 11) is 0. The van der Waals surface area contributed by atoms with Crippen molar-refractivity contribution in [3.63, 3.8) is 0 Å². The van der Waals surface area contributed by atoms with E-state index in [9.17, 15) is 0 Å². The average Bonchev–Trinajstić information content (AvgIpc) is 1.36. The summed E-state index contributed by atoms with van der Waals surface area (Å²) in [6.45, 7) is 1.66. The van der Waals surface area contributed by atoms with Gasteiger partial charge in [0.15, 0.2) is 5.09 Å². The van der Waals surface area contributed by atoms with E-state index in [2.05, 4.69) is 25.3 Å². The van der Waals surface area contributed by atoms with Gasteiger partial charge in [0.25, 0.3) is 0 Å². The Morgan fingerprint density at radius 2 is 1.67 bits per heavy atom. The molecule has 1 N–H and O–H groups in total. The van der Waals surface area contributed by atoms with Crippen molar-refractivity contribution in [3.05, 3.63) is 10.00 Å². The quantitative estimate of drug-likeness (QED) is 0.329. The molecule has 0 aromatic carbocycles. The molecule has 0 heterocycles. The molecule has 0 atom stereocenters. The van der Waals surface area contributed by atoms with E-state index >= 15 is 0 Å². The normalized spacial score (nSPS) is 13.8. The van der Waals surface area contributed by atoms with E-state index in [1.165, 1.54) is 0 Å². The number of hydrogen-bond acceptors (Lipinski definition) is 3. The molecule has 0 spiro atoms. The van der Waals surface area contributed by atoms with Crippen molar-refractivity contribution in [1.82, 2.24) is 0 Å². The van der Waals surface area contributed by atoms with Crippen LogP contribution in [0, 0.1) is 0 Å². The maximum atomic E-state index is 8.30. The van der Waals surface area contributed by atoms with Gasteiger partial charge in [-0.3, -0.25) is 0 Å². The molecule has 0 aliphatic heterocycles. The first-order valence-corrected chi connectivity index (χ1v) is 2.32. The number of allylic oxidation sites excluding steroid dienone is 1. The standard InChI is InChI=1S/C3H6OS2/c1-2(5)3(4)6/h4-6H,1H3. The molecule has 3 heteroatoms. The Kier molecular flexibility index (Phi) is 2.52. The molecule has 0 saturated heterocycles. The lowest BCUT2D eigenvalue weighted by atomic mass is 10.7. The third-order valence-corrected chi connectivity index (χ3v) is 1.05. The van der Waals surface area contributed by atoms with Crippen molar-refractivity contribution in [2.45, 2.75) is 6.92 Å². The minimum absolute atomic E-state index is 0.0154. The molecule has 0 rings (SSSR count). The van der Waals surface area contributed by atoms with Crippen molar-refractivity contribution in [2.24, 2.45) is 0 Å². The van der Waals surface area contributed by atoms with Crippen LogP contribution in [0.4, 0.5) is 0 Å². The van der Waals surface area contributed by atoms with E-state index in [1.807, 2.05) is 0 Å². The highest BCUT2D eigenvalue weighted by molar-refractivity contribution is 7.88. The van der Waals surface area contributed by atoms with E-state index in [-0.39, 0.29) is 5.09 Å². The van der Waals surface area contributed by atoms with Crippen molar-refractivity contribution in [1.29, 1.82) is 0 Å². The van der Waals surface area contributed by atoms with Crippen molar-refractivity contribution in [2.75, 3.05) is 0 Å². The van der Waals surface area contributed by atoms with Crippen LogP contribution in [-0.2, 0) is 0 Å². The van der Waals surface area contributed by atoms with Crippen LogP contribution >= 0.6 is 25.3 Å². The second-order valence-electron chi connectivity index (χ2n) is 0.909. The molecule has 0 amide bonds. The zero-order valence-electron chi connectivity index (χ0n) is 3.34. The van der Waals surface area contributed by atoms with Crippen LogP contribution in [0.25, 0.3) is 0 Å². The lowest BCUT2D eigenvalue weighted by Crippen LogP contribution is -1.64. The van der Waals surface area contributed by atoms with Crippen molar-refractivity contribution >= 4 is 25.3 Å². The minimum atomic E-state index is -0.0154. The molecule has 0 aliphatic carbocycles. The summed E-state index contributed by atoms with van der Waals surface area (Å²) in [6.07, 6.45) is 0. The van der Waals surface area contributed by atoms with Gasteiger partial charge in [-0.25, -0.2) is 0 Å². The summed E-state index contributed by atoms with van der Waals surface area (Å²) in [5.41, 5.74) is 0. The average molecular weight is 122 g/mol. The van der Waals surface area contributed by atoms with E-state index in [4.69, 9.17) is 5.11 Å². The first-order valence-electron chi connectivity index (χ1n) is 1.42. The van der Waals surface area contributed by atoms with Crippen LogP contribution in [-0.4, -0.2) is 5.11 Å². The fourth-order valence-corrected chi connectivity index (χ4v) is 0. The van der Waals surface area contributed by atoms with Gasteiger partial charge >= 0.3 is 0 Å². The second kappa shape index (κ2) is 2.42. The maximum absolute atomic E-state index is 8.30. The fraction of sp³-hybridized carbons (Fsp3) is 0.333. The Balaban J connectivity index is 3.68. The molecule has 0 bridgehead atoms. The highest BCUT2D eigenvalue weighted by Gasteiger charge is 1.81. The highest BCUT2D eigenvalue weighted by atomic mass is 32.1. The van der Waals surface area contributed by atoms with Gasteiger partial charge in [-0.05, 0) is 6.92 Å². The van der Waals surface area contributed by atoms with E-state index < -0.39 is 0 Å². The number of aliphatic hydroxyl groups excluding tert-OH is 1. The Morgan fingerprint density at radius 1 is 1.50 bits per heavy atom. The molecule has 36 valence electrons. The van der Waals surface area contributed by atoms with Gasteiger partial charge in [-0.15, -0.1) is 25.3 Å². The number of rotatable bonds is 0. The first kappa shape index (κ1) is 6.24. The van der Waals surface area contributed by atoms with Gasteiger partial charge in [0.1, 0.15) is 0 Å². The van der Waals surface area contributed by atoms with Gasteiger partial charge in [0.05, 0.1) is 0 Å². The van der Waals surface area contributed by atoms with Crippen LogP contribution < -0.4 is 0 Å². The topological polar surface area (TPSA) is 20.2 Å². The highest BCUT2D eigenvalue weighted by Crippen LogP contribution is 2.05. The lowest BCUT2D eigenvalue weighted by Gasteiger charge is -1.84.